The Kier molecular flexibility index (Phi) is 629. The van der Waals surface area contributed by atoms with Gasteiger partial charge < -0.3 is 89.1 Å². The fourth-order valence-electron chi connectivity index (χ4n) is 6.77. The molecule has 11 aromatic carbocycles. The summed E-state index contributed by atoms with van der Waals surface area (Å²) in [6, 6.07) is 88.5. The normalized spacial score (nSPS) is 6.81. The molecule has 0 aliphatic rings. The molecule has 0 aliphatic carbocycles. The van der Waals surface area contributed by atoms with E-state index in [4.69, 9.17) is 22.4 Å². The van der Waals surface area contributed by atoms with E-state index in [0.29, 0.717) is 0 Å². The molecule has 0 saturated carbocycles. The SMILES string of the molecule is CCC.CCC.CS(=S)PP.CS(=S)PP.CSC.CSC.C[B]C.Cc1ccc2c(ccc3cc(PP)ccc32)c1.Cc1ccc2cc3cc(PP)ccc3cc2c1.[CH3-].[CH3-].[CH3-].[CH3-].[CH3-].[CH3-].[CH3-].[CH3-].[CH3-].[CH3-].[CH3-].[CH3-].[Y].[Y].[Y].[Y].[Y].[Y].[Y].[Y].[Y].[Y].[Y].[Y].[Y].[Y].[Y].[Y].[Y].[Y].[Y].[Y].[Y].[Y].[Y].[Y].[Y].[Y].[Y].[Y].[Y].[Y].[Y].[Y].[Y].[Y].c1ccc2ccccc2c1.c1ccccc1.c1ccccc1.c1ccccc1. The van der Waals surface area contributed by atoms with Crippen molar-refractivity contribution in [2.45, 2.75) is 68.0 Å². The second-order valence-electron chi connectivity index (χ2n) is 18.5. The molecule has 665 valence electrons. The molecule has 35 radical (unpaired) electrons. The molecule has 11 rings (SSSR count). The van der Waals surface area contributed by atoms with Crippen molar-refractivity contribution in [2.75, 3.05) is 37.5 Å². The van der Waals surface area contributed by atoms with E-state index in [-0.39, 0.29) is 1220 Å². The van der Waals surface area contributed by atoms with Crippen LogP contribution >= 0.6 is 90.7 Å². The molecule has 0 nitrogen and oxygen atoms in total. The van der Waals surface area contributed by atoms with Crippen LogP contribution in [0, 0.1) is 103 Å². The first-order chi connectivity index (χ1) is 42.1. The summed E-state index contributed by atoms with van der Waals surface area (Å²) in [7, 11) is 16.7. The fourth-order valence-corrected chi connectivity index (χ4v) is 8.69. The number of aryl methyl sites for hydroxylation is 2. The van der Waals surface area contributed by atoms with Crippen LogP contribution in [0.3, 0.4) is 0 Å². The van der Waals surface area contributed by atoms with Crippen LogP contribution in [0.1, 0.15) is 51.7 Å². The molecule has 0 saturated heterocycles. The van der Waals surface area contributed by atoms with Gasteiger partial charge in [0.2, 0.25) is 0 Å². The van der Waals surface area contributed by atoms with Gasteiger partial charge in [0, 0.05) is 1110 Å². The van der Waals surface area contributed by atoms with Gasteiger partial charge >= 0.3 is 0 Å². The Morgan fingerprint density at radius 2 is 0.383 bits per heavy atom. The van der Waals surface area contributed by atoms with Gasteiger partial charge in [0.05, 0.1) is 0 Å². The van der Waals surface area contributed by atoms with Crippen molar-refractivity contribution in [1.82, 2.24) is 0 Å². The van der Waals surface area contributed by atoms with E-state index in [1.165, 1.54) is 88.4 Å². The molecule has 0 bridgehead atoms. The van der Waals surface area contributed by atoms with Crippen molar-refractivity contribution in [3.8, 4) is 0 Å². The Morgan fingerprint density at radius 3 is 0.579 bits per heavy atom. The van der Waals surface area contributed by atoms with Gasteiger partial charge in [0.15, 0.2) is 0 Å². The van der Waals surface area contributed by atoms with Gasteiger partial charge in [-0.1, -0.05) is 312 Å². The molecular formula is C84H136BP8S6Y34-12. The van der Waals surface area contributed by atoms with Gasteiger partial charge in [0.1, 0.15) is 7.28 Å². The molecule has 49 heteroatoms. The number of benzene rings is 11. The van der Waals surface area contributed by atoms with Crippen LogP contribution in [0.15, 0.2) is 255 Å². The van der Waals surface area contributed by atoms with Crippen LogP contribution in [-0.4, -0.2) is 44.8 Å². The van der Waals surface area contributed by atoms with Crippen LogP contribution in [0.2, 0.25) is 13.6 Å². The molecule has 0 aliphatic heterocycles. The van der Waals surface area contributed by atoms with Gasteiger partial charge in [0.25, 0.3) is 0 Å². The minimum atomic E-state index is 0. The van der Waals surface area contributed by atoms with E-state index < -0.39 is 0 Å². The number of thioether (sulfide) groups is 2. The molecule has 10 unspecified atom stereocenters. The average Bonchev–Trinajstić information content (AvgIpc) is 0.797. The summed E-state index contributed by atoms with van der Waals surface area (Å²) in [5.41, 5.74) is 2.64. The van der Waals surface area contributed by atoms with Gasteiger partial charge in [-0.2, -0.15) is 23.5 Å². The van der Waals surface area contributed by atoms with Crippen LogP contribution in [-0.2, 0) is 1150 Å². The van der Waals surface area contributed by atoms with Crippen molar-refractivity contribution in [3.05, 3.63) is 355 Å². The largest absolute Gasteiger partial charge is 0.358 e. The first kappa shape index (κ1) is 326. The minimum Gasteiger partial charge on any atom is -0.358 e. The summed E-state index contributed by atoms with van der Waals surface area (Å²) in [4.78, 5) is 0. The van der Waals surface area contributed by atoms with Crippen LogP contribution in [0.5, 0.6) is 0 Å². The fraction of sp³-hybridized carbons (Fsp3) is 0.190. The smallest absolute Gasteiger partial charge is 0.102 e. The van der Waals surface area contributed by atoms with Gasteiger partial charge in [-0.15, -0.1) is 53.9 Å². The Morgan fingerprint density at radius 1 is 0.241 bits per heavy atom. The third-order valence-electron chi connectivity index (χ3n) is 10.3. The first-order valence-electron chi connectivity index (χ1n) is 28.5. The summed E-state index contributed by atoms with van der Waals surface area (Å²) in [6.45, 7) is 16.8. The molecule has 11 aromatic rings. The van der Waals surface area contributed by atoms with Gasteiger partial charge in [-0.05, 0) is 177 Å². The molecule has 10 atom stereocenters. The Labute approximate surface area is 1720 Å². The maximum Gasteiger partial charge on any atom is 0.102 e. The van der Waals surface area contributed by atoms with E-state index in [1.54, 1.807) is 23.5 Å². The third kappa shape index (κ3) is 208. The summed E-state index contributed by atoms with van der Waals surface area (Å²) >= 11 is 13.1. The Hall–Kier alpha value is 35.6. The van der Waals surface area contributed by atoms with Gasteiger partial charge in [-0.25, -0.2) is 0 Å². The quantitative estimate of drug-likeness (QED) is 0.0566. The van der Waals surface area contributed by atoms with E-state index in [2.05, 4.69) is 235 Å². The number of fused-ring (bicyclic) bond motifs is 6. The van der Waals surface area contributed by atoms with E-state index in [9.17, 15) is 0 Å². The first-order valence-corrected chi connectivity index (χ1v) is 49.6. The Bertz CT molecular complexity index is 3250. The topological polar surface area (TPSA) is 0 Å². The summed E-state index contributed by atoms with van der Waals surface area (Å²) < 4.78 is 0. The van der Waals surface area contributed by atoms with Crippen molar-refractivity contribution in [3.63, 3.8) is 0 Å². The number of hydrogen-bond acceptors (Lipinski definition) is 4. The number of hydrogen-bond donors (Lipinski definition) is 0. The van der Waals surface area contributed by atoms with E-state index >= 15 is 0 Å². The minimum absolute atomic E-state index is 0. The van der Waals surface area contributed by atoms with Crippen LogP contribution in [0.25, 0.3) is 53.9 Å². The zero-order valence-electron chi connectivity index (χ0n) is 85.6. The van der Waals surface area contributed by atoms with Crippen LogP contribution in [0.4, 0.5) is 0 Å². The second kappa shape index (κ2) is 257. The monoisotopic (exact) mass is 4620 g/mol. The van der Waals surface area contributed by atoms with Crippen molar-refractivity contribution < 1.29 is 1110 Å². The molecule has 0 fully saturated rings. The molecular weight excluding hydrogens is 4480 g/mol. The van der Waals surface area contributed by atoms with Crippen molar-refractivity contribution in [1.29, 1.82) is 0 Å². The molecule has 0 N–H and O–H groups in total. The third-order valence-corrected chi connectivity index (χ3v) is 27.4. The maximum atomic E-state index is 4.80. The standard InChI is InChI=1S/2C15H14P2.C10H8.3C6H6.2C3H8.C2H6B.2C2H6S.2CH6P2S2.12CH3.34Y/c1-10-2-6-14-11(8-10)3-4-12-9-13(17-16)5-7-15(12)14;1-10-2-3-11-8-14-9-15(17-16)5-4-12(14)7-13(11)6-10;1-2-6-10-8-4-3-7-9(10)5-1;3*1-2-4-6-5-3-1;5*1-3-2;2*1-5(4)3-2;;;;;;;;;;;;;;;;;;;;;;;;;;;;;;;;;;;;;;;;;;;;;;/h2*2-9,17H,16H2,1H3;1-8H;3*1-6H;2*3H2,1-2H3;3*1-2H3;2*3H,2H2,1H3;12*1H3;;;;;;;;;;;;;;;;;;;;;;;;;;;;;;;;;;/q;;;;;;;;;;;;;12*-1;;;;;;;;;;;;;;;;;;;;;;;;;;;;;;;;;;. The van der Waals surface area contributed by atoms with E-state index in [1.807, 2.05) is 155 Å². The molecule has 0 spiro atoms. The summed E-state index contributed by atoms with van der Waals surface area (Å²) in [5, 5.41) is 16.1. The van der Waals surface area contributed by atoms with Crippen molar-refractivity contribution in [2.24, 2.45) is 0 Å². The molecule has 0 heterocycles. The summed E-state index contributed by atoms with van der Waals surface area (Å²) in [5.74, 6) is 0. The second-order valence-corrected chi connectivity index (χ2v) is 40.0. The van der Waals surface area contributed by atoms with E-state index in [0.717, 1.165) is 31.5 Å². The predicted molar refractivity (Wildman–Crippen MR) is 534 cm³/mol. The molecule has 133 heavy (non-hydrogen) atoms. The van der Waals surface area contributed by atoms with Crippen LogP contribution < -0.4 is 10.6 Å². The maximum absolute atomic E-state index is 4.80. The molecule has 0 aromatic heterocycles. The number of rotatable bonds is 4. The Balaban J connectivity index is -0.0000000129. The molecule has 0 amide bonds. The van der Waals surface area contributed by atoms with Crippen molar-refractivity contribution >= 4 is 203 Å². The zero-order chi connectivity index (χ0) is 65.3. The predicted octanol–water partition coefficient (Wildman–Crippen LogP) is 29.7. The summed E-state index contributed by atoms with van der Waals surface area (Å²) in [6.07, 6.45) is 14.8. The average molecular weight is 4620 g/mol. The van der Waals surface area contributed by atoms with Gasteiger partial charge in [-0.3, -0.25) is 0 Å². The zero-order valence-corrected chi connectivity index (χ0v) is 196.